The zero-order chi connectivity index (χ0) is 40.5. The van der Waals surface area contributed by atoms with E-state index < -0.39 is 0 Å². The van der Waals surface area contributed by atoms with Crippen molar-refractivity contribution >= 4 is 46.3 Å². The van der Waals surface area contributed by atoms with Crippen LogP contribution < -0.4 is 34.5 Å². The number of nitrogens with zero attached hydrogens (tertiary/aromatic N) is 5. The lowest BCUT2D eigenvalue weighted by Crippen LogP contribution is -2.28. The molecule has 57 heavy (non-hydrogen) atoms. The first-order chi connectivity index (χ1) is 27.1. The molecule has 8 nitrogen and oxygen atoms in total. The fraction of sp³-hybridized carbons (Fsp3) is 0.583. The number of fused-ring (bicyclic) bond motifs is 2. The fourth-order valence-corrected chi connectivity index (χ4v) is 7.71. The lowest BCUT2D eigenvalue weighted by atomic mass is 9.92. The summed E-state index contributed by atoms with van der Waals surface area (Å²) in [6.45, 7) is 6.68. The van der Waals surface area contributed by atoms with Crippen LogP contribution >= 0.6 is 12.4 Å². The molecule has 1 aliphatic carbocycles. The highest BCUT2D eigenvalue weighted by Gasteiger charge is 2.24. The van der Waals surface area contributed by atoms with Gasteiger partial charge in [0.25, 0.3) is 0 Å². The van der Waals surface area contributed by atoms with Crippen molar-refractivity contribution in [3.63, 3.8) is 0 Å². The Balaban J connectivity index is 0.00000870. The van der Waals surface area contributed by atoms with Gasteiger partial charge in [0.05, 0.1) is 24.6 Å². The number of benzene rings is 3. The zero-order valence-corrected chi connectivity index (χ0v) is 37.7. The summed E-state index contributed by atoms with van der Waals surface area (Å²) in [6.07, 6.45) is 19.8. The minimum atomic E-state index is 0. The maximum Gasteiger partial charge on any atom is 0.203 e. The highest BCUT2D eigenvalue weighted by Crippen LogP contribution is 2.47. The van der Waals surface area contributed by atoms with Gasteiger partial charge in [0, 0.05) is 93.8 Å². The van der Waals surface area contributed by atoms with Gasteiger partial charge in [-0.15, -0.1) is 12.4 Å². The van der Waals surface area contributed by atoms with Crippen LogP contribution in [0.5, 0.6) is 5.75 Å². The number of halogens is 1. The van der Waals surface area contributed by atoms with Crippen LogP contribution in [0.2, 0.25) is 0 Å². The number of hydrogen-bond acceptors (Lipinski definition) is 7. The lowest BCUT2D eigenvalue weighted by Gasteiger charge is -2.30. The van der Waals surface area contributed by atoms with Crippen molar-refractivity contribution in [2.24, 2.45) is 4.99 Å². The highest BCUT2D eigenvalue weighted by molar-refractivity contribution is 6.05. The molecule has 0 amide bonds. The summed E-state index contributed by atoms with van der Waals surface area (Å²) < 4.78 is 14.9. The summed E-state index contributed by atoms with van der Waals surface area (Å²) in [5.41, 5.74) is 7.19. The van der Waals surface area contributed by atoms with Gasteiger partial charge in [-0.25, -0.2) is 4.58 Å². The third-order valence-corrected chi connectivity index (χ3v) is 11.1. The molecule has 316 valence electrons. The molecule has 0 radical (unpaired) electrons. The molecule has 2 aromatic rings. The van der Waals surface area contributed by atoms with E-state index in [9.17, 15) is 5.11 Å². The van der Waals surface area contributed by atoms with Gasteiger partial charge in [-0.2, -0.15) is 0 Å². The number of anilines is 3. The molecule has 0 N–H and O–H groups in total. The van der Waals surface area contributed by atoms with Crippen molar-refractivity contribution in [3.05, 3.63) is 53.9 Å². The molecule has 0 aromatic heterocycles. The molecule has 0 fully saturated rings. The van der Waals surface area contributed by atoms with Crippen molar-refractivity contribution in [3.8, 4) is 28.2 Å². The molecule has 0 unspecified atom stereocenters. The van der Waals surface area contributed by atoms with E-state index in [4.69, 9.17) is 9.15 Å². The van der Waals surface area contributed by atoms with Gasteiger partial charge in [-0.3, -0.25) is 0 Å². The summed E-state index contributed by atoms with van der Waals surface area (Å²) in [4.78, 5) is 11.0. The normalized spacial score (nSPS) is 11.6. The van der Waals surface area contributed by atoms with E-state index >= 15 is 0 Å². The maximum atomic E-state index is 12.8. The molecule has 2 aromatic carbocycles. The minimum absolute atomic E-state index is 0. The fourth-order valence-electron chi connectivity index (χ4n) is 7.71. The first kappa shape index (κ1) is 47.5. The maximum absolute atomic E-state index is 12.8. The van der Waals surface area contributed by atoms with Crippen molar-refractivity contribution in [1.29, 1.82) is 0 Å². The molecular formula is C48H74ClN5O3. The average Bonchev–Trinajstić information content (AvgIpc) is 3.19. The summed E-state index contributed by atoms with van der Waals surface area (Å²) in [5, 5.41) is 14.9. The van der Waals surface area contributed by atoms with Crippen LogP contribution in [0.15, 0.2) is 57.9 Å². The predicted molar refractivity (Wildman–Crippen MR) is 248 cm³/mol. The minimum Gasteiger partial charge on any atom is -0.862 e. The number of hydrogen-bond donors (Lipinski definition) is 0. The van der Waals surface area contributed by atoms with E-state index in [0.717, 1.165) is 87.5 Å². The van der Waals surface area contributed by atoms with Crippen molar-refractivity contribution < 1.29 is 14.3 Å². The van der Waals surface area contributed by atoms with E-state index in [1.165, 1.54) is 83.5 Å². The Kier molecular flexibility index (Phi) is 20.6. The lowest BCUT2D eigenvalue weighted by molar-refractivity contribution is -0.219. The second kappa shape index (κ2) is 24.8. The standard InChI is InChI=1S/C48H73N5O3.ClH/c1-10-12-13-14-15-16-17-18-19-20-21-22-23-24-31-49-47(54)26-25-32-53(11-2)43-36-44(55-9)41(35-42(43)52(7)8)48-39-29-27-37(50(3)4)33-45(39)56-46-34-38(51(5)6)28-30-40(46)48;/h27-30,33-36H,10-26,31-32H2,1-9H3;1H. The van der Waals surface area contributed by atoms with E-state index in [1.54, 1.807) is 7.11 Å². The second-order valence-corrected chi connectivity index (χ2v) is 16.1. The summed E-state index contributed by atoms with van der Waals surface area (Å²) in [6, 6.07) is 17.2. The molecule has 0 saturated carbocycles. The van der Waals surface area contributed by atoms with Crippen LogP contribution in [0.4, 0.5) is 17.1 Å². The van der Waals surface area contributed by atoms with Gasteiger partial charge in [0.1, 0.15) is 31.2 Å². The Labute approximate surface area is 351 Å². The van der Waals surface area contributed by atoms with Crippen molar-refractivity contribution in [2.45, 2.75) is 117 Å². The number of aliphatic imine (C=N–C) groups is 1. The van der Waals surface area contributed by atoms with Crippen molar-refractivity contribution in [1.82, 2.24) is 4.58 Å². The van der Waals surface area contributed by atoms with Crippen LogP contribution in [-0.2, 0) is 0 Å². The Bertz CT molecular complexity index is 1860. The second-order valence-electron chi connectivity index (χ2n) is 16.1. The first-order valence-electron chi connectivity index (χ1n) is 21.6. The first-order valence-corrected chi connectivity index (χ1v) is 21.6. The van der Waals surface area contributed by atoms with Gasteiger partial charge < -0.3 is 34.0 Å². The van der Waals surface area contributed by atoms with Crippen LogP contribution in [0.1, 0.15) is 117 Å². The topological polar surface area (TPSA) is 70.5 Å². The molecule has 0 spiro atoms. The monoisotopic (exact) mass is 804 g/mol. The molecule has 0 bridgehead atoms. The highest BCUT2D eigenvalue weighted by atomic mass is 35.5. The third kappa shape index (κ3) is 13.9. The van der Waals surface area contributed by atoms with Crippen LogP contribution in [0, 0.1) is 0 Å². The summed E-state index contributed by atoms with van der Waals surface area (Å²) in [7, 11) is 14.1. The number of methoxy groups -OCH3 is 1. The van der Waals surface area contributed by atoms with Crippen molar-refractivity contribution in [2.75, 3.05) is 83.7 Å². The Morgan fingerprint density at radius 3 is 1.91 bits per heavy atom. The van der Waals surface area contributed by atoms with Crippen LogP contribution in [0.3, 0.4) is 0 Å². The van der Waals surface area contributed by atoms with E-state index in [2.05, 4.69) is 101 Å². The Hall–Kier alpha value is -3.91. The quantitative estimate of drug-likeness (QED) is 0.0218. The van der Waals surface area contributed by atoms with Gasteiger partial charge in [0.2, 0.25) is 5.36 Å². The SMILES string of the molecule is CCCCCCCCCCCCCCCCN=C([O-])CCCN(CC)c1cc(OC)c(-c2c3ccc(=[N+](C)C)cc-3oc3cc(N(C)C)ccc23)cc1N(C)C.Cl. The van der Waals surface area contributed by atoms with E-state index in [0.29, 0.717) is 13.0 Å². The zero-order valence-electron chi connectivity index (χ0n) is 36.9. The number of rotatable bonds is 25. The molecule has 0 saturated heterocycles. The Morgan fingerprint density at radius 1 is 0.719 bits per heavy atom. The van der Waals surface area contributed by atoms with Crippen LogP contribution in [-0.4, -0.2) is 74.9 Å². The summed E-state index contributed by atoms with van der Waals surface area (Å²) in [5.74, 6) is 1.65. The average molecular weight is 805 g/mol. The molecule has 4 rings (SSSR count). The molecule has 0 atom stereocenters. The smallest absolute Gasteiger partial charge is 0.203 e. The third-order valence-electron chi connectivity index (χ3n) is 11.1. The van der Waals surface area contributed by atoms with E-state index in [1.807, 2.05) is 28.2 Å². The van der Waals surface area contributed by atoms with Gasteiger partial charge in [-0.05, 0) is 56.3 Å². The Morgan fingerprint density at radius 2 is 1.35 bits per heavy atom. The number of ether oxygens (including phenoxy) is 1. The van der Waals surface area contributed by atoms with E-state index in [-0.39, 0.29) is 18.3 Å². The molecule has 9 heteroatoms. The molecule has 2 aliphatic rings. The van der Waals surface area contributed by atoms with Gasteiger partial charge in [0.15, 0.2) is 0 Å². The largest absolute Gasteiger partial charge is 0.862 e. The molecular weight excluding hydrogens is 730 g/mol. The van der Waals surface area contributed by atoms with Crippen LogP contribution in [0.25, 0.3) is 33.4 Å². The predicted octanol–water partition coefficient (Wildman–Crippen LogP) is 10.6. The van der Waals surface area contributed by atoms with Gasteiger partial charge >= 0.3 is 0 Å². The molecule has 1 heterocycles. The summed E-state index contributed by atoms with van der Waals surface area (Å²) >= 11 is 0. The number of unbranched alkanes of at least 4 members (excludes halogenated alkanes) is 13. The molecule has 1 aliphatic heterocycles. The van der Waals surface area contributed by atoms with Gasteiger partial charge in [-0.1, -0.05) is 90.4 Å².